The number of nitrogens with zero attached hydrogens (tertiary/aromatic N) is 1. The van der Waals surface area contributed by atoms with Crippen LogP contribution in [0.1, 0.15) is 25.3 Å². The lowest BCUT2D eigenvalue weighted by Crippen LogP contribution is -2.26. The zero-order chi connectivity index (χ0) is 15.9. The van der Waals surface area contributed by atoms with Gasteiger partial charge in [-0.15, -0.1) is 0 Å². The molecule has 4 heteroatoms. The number of carbonyl (C=O) groups is 1. The number of carbonyl (C=O) groups excluding carboxylic acids is 1. The number of benzene rings is 1. The lowest BCUT2D eigenvalue weighted by atomic mass is 9.86. The third-order valence-electron chi connectivity index (χ3n) is 3.47. The number of esters is 1. The first-order valence-corrected chi connectivity index (χ1v) is 11.1. The minimum atomic E-state index is -1.21. The van der Waals surface area contributed by atoms with E-state index in [4.69, 9.17) is 4.74 Å². The van der Waals surface area contributed by atoms with E-state index >= 15 is 0 Å². The van der Waals surface area contributed by atoms with Crippen LogP contribution in [0.4, 0.5) is 0 Å². The molecule has 0 amide bonds. The Morgan fingerprint density at radius 3 is 2.43 bits per heavy atom. The number of hydrogen-bond donors (Lipinski definition) is 0. The molecule has 0 spiro atoms. The second kappa shape index (κ2) is 7.42. The van der Waals surface area contributed by atoms with Gasteiger partial charge in [0, 0.05) is 8.07 Å². The first-order valence-electron chi connectivity index (χ1n) is 7.35. The Morgan fingerprint density at radius 2 is 1.90 bits per heavy atom. The van der Waals surface area contributed by atoms with Crippen LogP contribution in [0.15, 0.2) is 30.3 Å². The zero-order valence-electron chi connectivity index (χ0n) is 13.5. The summed E-state index contributed by atoms with van der Waals surface area (Å²) in [6.07, 6.45) is 0.931. The molecule has 0 bridgehead atoms. The minimum absolute atomic E-state index is 0.167. The van der Waals surface area contributed by atoms with Gasteiger partial charge in [0.2, 0.25) is 0 Å². The van der Waals surface area contributed by atoms with Gasteiger partial charge in [-0.25, -0.2) is 0 Å². The van der Waals surface area contributed by atoms with Gasteiger partial charge < -0.3 is 4.74 Å². The van der Waals surface area contributed by atoms with E-state index in [1.165, 1.54) is 0 Å². The summed E-state index contributed by atoms with van der Waals surface area (Å²) in [5.41, 5.74) is 0.347. The summed E-state index contributed by atoms with van der Waals surface area (Å²) in [7, 11) is -1.21. The predicted octanol–water partition coefficient (Wildman–Crippen LogP) is 4.38. The minimum Gasteiger partial charge on any atom is -0.461 e. The second-order valence-corrected chi connectivity index (χ2v) is 12.7. The average Bonchev–Trinajstić information content (AvgIpc) is 2.43. The third kappa shape index (κ3) is 7.10. The number of ether oxygens (including phenoxy) is 1. The first kappa shape index (κ1) is 17.4. The molecular weight excluding hydrogens is 278 g/mol. The maximum Gasteiger partial charge on any atom is 0.307 e. The van der Waals surface area contributed by atoms with Gasteiger partial charge in [-0.05, 0) is 18.9 Å². The standard InChI is InChI=1S/C17H25NO2Si/c1-17(14-18,10-11-21(2,3)4)12-16(19)20-13-15-8-6-5-7-9-15/h5-9H,10-13H2,1-4H3. The fraction of sp³-hybridized carbons (Fsp3) is 0.529. The maximum atomic E-state index is 12.0. The van der Waals surface area contributed by atoms with Crippen LogP contribution in [0.3, 0.4) is 0 Å². The number of rotatable bonds is 7. The van der Waals surface area contributed by atoms with Gasteiger partial charge in [0.1, 0.15) is 6.61 Å². The molecule has 114 valence electrons. The van der Waals surface area contributed by atoms with E-state index in [1.54, 1.807) is 0 Å². The summed E-state index contributed by atoms with van der Waals surface area (Å²) in [6.45, 7) is 8.96. The van der Waals surface area contributed by atoms with Crippen molar-refractivity contribution < 1.29 is 9.53 Å². The van der Waals surface area contributed by atoms with E-state index in [-0.39, 0.29) is 19.0 Å². The fourth-order valence-corrected chi connectivity index (χ4v) is 3.24. The average molecular weight is 303 g/mol. The van der Waals surface area contributed by atoms with Gasteiger partial charge in [0.15, 0.2) is 0 Å². The Labute approximate surface area is 128 Å². The van der Waals surface area contributed by atoms with E-state index in [2.05, 4.69) is 25.7 Å². The van der Waals surface area contributed by atoms with E-state index in [0.29, 0.717) is 0 Å². The topological polar surface area (TPSA) is 50.1 Å². The fourth-order valence-electron chi connectivity index (χ4n) is 1.94. The van der Waals surface area contributed by atoms with Crippen LogP contribution in [0.25, 0.3) is 0 Å². The molecule has 1 atom stereocenters. The number of nitriles is 1. The summed E-state index contributed by atoms with van der Waals surface area (Å²) < 4.78 is 5.28. The van der Waals surface area contributed by atoms with Crippen molar-refractivity contribution in [2.75, 3.05) is 0 Å². The van der Waals surface area contributed by atoms with E-state index in [1.807, 2.05) is 37.3 Å². The van der Waals surface area contributed by atoms with Crippen LogP contribution < -0.4 is 0 Å². The highest BCUT2D eigenvalue weighted by atomic mass is 28.3. The maximum absolute atomic E-state index is 12.0. The van der Waals surface area contributed by atoms with Gasteiger partial charge >= 0.3 is 5.97 Å². The molecule has 0 aliphatic carbocycles. The molecule has 1 aromatic rings. The first-order chi connectivity index (χ1) is 9.74. The van der Waals surface area contributed by atoms with Crippen molar-refractivity contribution in [3.05, 3.63) is 35.9 Å². The molecule has 1 rings (SSSR count). The molecule has 0 N–H and O–H groups in total. The van der Waals surface area contributed by atoms with Crippen molar-refractivity contribution in [2.45, 2.75) is 52.1 Å². The van der Waals surface area contributed by atoms with Crippen molar-refractivity contribution in [3.63, 3.8) is 0 Å². The summed E-state index contributed by atoms with van der Waals surface area (Å²) in [5, 5.41) is 9.37. The third-order valence-corrected chi connectivity index (χ3v) is 5.22. The molecule has 3 nitrogen and oxygen atoms in total. The summed E-state index contributed by atoms with van der Waals surface area (Å²) in [4.78, 5) is 12.0. The molecule has 0 heterocycles. The highest BCUT2D eigenvalue weighted by molar-refractivity contribution is 6.76. The Hall–Kier alpha value is -1.60. The second-order valence-electron chi connectivity index (χ2n) is 7.06. The molecule has 1 aromatic carbocycles. The molecule has 0 saturated carbocycles. The van der Waals surface area contributed by atoms with Crippen LogP contribution >= 0.6 is 0 Å². The zero-order valence-corrected chi connectivity index (χ0v) is 14.5. The quantitative estimate of drug-likeness (QED) is 0.555. The van der Waals surface area contributed by atoms with Crippen LogP contribution in [-0.2, 0) is 16.1 Å². The largest absolute Gasteiger partial charge is 0.461 e. The molecule has 0 fully saturated rings. The van der Waals surface area contributed by atoms with Crippen LogP contribution in [-0.4, -0.2) is 14.0 Å². The molecule has 0 aliphatic rings. The predicted molar refractivity (Wildman–Crippen MR) is 87.3 cm³/mol. The van der Waals surface area contributed by atoms with Gasteiger partial charge in [-0.2, -0.15) is 5.26 Å². The van der Waals surface area contributed by atoms with Gasteiger partial charge in [0.25, 0.3) is 0 Å². The van der Waals surface area contributed by atoms with Crippen molar-refractivity contribution in [1.29, 1.82) is 5.26 Å². The molecule has 0 aromatic heterocycles. The Balaban J connectivity index is 2.49. The van der Waals surface area contributed by atoms with Crippen molar-refractivity contribution in [2.24, 2.45) is 5.41 Å². The smallest absolute Gasteiger partial charge is 0.307 e. The van der Waals surface area contributed by atoms with Gasteiger partial charge in [-0.3, -0.25) is 4.79 Å². The summed E-state index contributed by atoms with van der Waals surface area (Å²) in [6, 6.07) is 12.9. The van der Waals surface area contributed by atoms with Crippen LogP contribution in [0, 0.1) is 16.7 Å². The van der Waals surface area contributed by atoms with E-state index < -0.39 is 13.5 Å². The molecular formula is C17H25NO2Si. The lowest BCUT2D eigenvalue weighted by molar-refractivity contribution is -0.146. The van der Waals surface area contributed by atoms with E-state index in [9.17, 15) is 10.1 Å². The van der Waals surface area contributed by atoms with Gasteiger partial charge in [0.05, 0.1) is 17.9 Å². The van der Waals surface area contributed by atoms with Gasteiger partial charge in [-0.1, -0.05) is 56.0 Å². The monoisotopic (exact) mass is 303 g/mol. The number of hydrogen-bond acceptors (Lipinski definition) is 3. The van der Waals surface area contributed by atoms with Crippen molar-refractivity contribution >= 4 is 14.0 Å². The SMILES string of the molecule is CC(C#N)(CC[Si](C)(C)C)CC(=O)OCc1ccccc1. The van der Waals surface area contributed by atoms with E-state index in [0.717, 1.165) is 18.0 Å². The lowest BCUT2D eigenvalue weighted by Gasteiger charge is -2.24. The van der Waals surface area contributed by atoms with Crippen molar-refractivity contribution in [3.8, 4) is 6.07 Å². The highest BCUT2D eigenvalue weighted by Crippen LogP contribution is 2.30. The van der Waals surface area contributed by atoms with Crippen LogP contribution in [0.2, 0.25) is 25.7 Å². The summed E-state index contributed by atoms with van der Waals surface area (Å²) in [5.74, 6) is -0.293. The molecule has 0 radical (unpaired) electrons. The van der Waals surface area contributed by atoms with Crippen LogP contribution in [0.5, 0.6) is 0 Å². The molecule has 1 unspecified atom stereocenters. The molecule has 0 aliphatic heterocycles. The Kier molecular flexibility index (Phi) is 6.16. The molecule has 21 heavy (non-hydrogen) atoms. The summed E-state index contributed by atoms with van der Waals surface area (Å²) >= 11 is 0. The Bertz CT molecular complexity index is 502. The van der Waals surface area contributed by atoms with Crippen molar-refractivity contribution in [1.82, 2.24) is 0 Å². The normalized spacial score (nSPS) is 14.0. The highest BCUT2D eigenvalue weighted by Gasteiger charge is 2.30. The molecule has 0 saturated heterocycles. The Morgan fingerprint density at radius 1 is 1.29 bits per heavy atom.